The van der Waals surface area contributed by atoms with Gasteiger partial charge in [0.05, 0.1) is 8.07 Å². The zero-order valence-corrected chi connectivity index (χ0v) is 18.8. The van der Waals surface area contributed by atoms with E-state index in [1.54, 1.807) is 0 Å². The molecule has 0 fully saturated rings. The maximum Gasteiger partial charge on any atom is 0.131 e. The first-order valence-electron chi connectivity index (χ1n) is 10.1. The van der Waals surface area contributed by atoms with E-state index in [4.69, 9.17) is 4.74 Å². The number of allylic oxidation sites excluding steroid dienone is 4. The van der Waals surface area contributed by atoms with E-state index in [0.717, 1.165) is 11.3 Å². The quantitative estimate of drug-likeness (QED) is 0.354. The molecular formula is C26H32OSi. The van der Waals surface area contributed by atoms with Crippen LogP contribution in [0.25, 0.3) is 11.1 Å². The summed E-state index contributed by atoms with van der Waals surface area (Å²) in [6.07, 6.45) is 9.03. The van der Waals surface area contributed by atoms with Gasteiger partial charge in [-0.05, 0) is 16.7 Å². The van der Waals surface area contributed by atoms with Crippen molar-refractivity contribution < 1.29 is 4.74 Å². The van der Waals surface area contributed by atoms with Crippen molar-refractivity contribution >= 4 is 8.07 Å². The van der Waals surface area contributed by atoms with Gasteiger partial charge in [-0.25, -0.2) is 0 Å². The molecule has 2 heteroatoms. The second kappa shape index (κ2) is 7.96. The third-order valence-electron chi connectivity index (χ3n) is 5.68. The molecule has 0 saturated heterocycles. The van der Waals surface area contributed by atoms with Crippen LogP contribution in [0.2, 0.25) is 25.2 Å². The molecule has 0 amide bonds. The van der Waals surface area contributed by atoms with Gasteiger partial charge in [-0.15, -0.1) is 0 Å². The van der Waals surface area contributed by atoms with Crippen LogP contribution in [0.3, 0.4) is 0 Å². The van der Waals surface area contributed by atoms with Crippen LogP contribution >= 0.6 is 0 Å². The summed E-state index contributed by atoms with van der Waals surface area (Å²) >= 11 is 0. The number of ether oxygens (including phenoxy) is 1. The topological polar surface area (TPSA) is 9.23 Å². The second-order valence-corrected chi connectivity index (χ2v) is 14.5. The van der Waals surface area contributed by atoms with Gasteiger partial charge in [-0.1, -0.05) is 113 Å². The first-order chi connectivity index (χ1) is 13.2. The van der Waals surface area contributed by atoms with Gasteiger partial charge in [0.1, 0.15) is 12.4 Å². The van der Waals surface area contributed by atoms with Gasteiger partial charge >= 0.3 is 0 Å². The molecule has 0 bridgehead atoms. The summed E-state index contributed by atoms with van der Waals surface area (Å²) in [5.41, 5.74) is 5.38. The molecule has 3 rings (SSSR count). The SMILES string of the molecule is C=CCOc1c(-c2ccccc2)cccc1C(C)(C)C1=CC([Si](C)(C)C)C=C1. The molecule has 1 nitrogen and oxygen atoms in total. The molecule has 1 unspecified atom stereocenters. The van der Waals surface area contributed by atoms with E-state index in [9.17, 15) is 0 Å². The van der Waals surface area contributed by atoms with Crippen molar-refractivity contribution in [3.8, 4) is 16.9 Å². The van der Waals surface area contributed by atoms with E-state index in [0.29, 0.717) is 12.1 Å². The highest BCUT2D eigenvalue weighted by Crippen LogP contribution is 2.46. The molecule has 0 spiro atoms. The smallest absolute Gasteiger partial charge is 0.131 e. The minimum atomic E-state index is -1.25. The van der Waals surface area contributed by atoms with Crippen LogP contribution in [0.1, 0.15) is 19.4 Å². The van der Waals surface area contributed by atoms with E-state index in [2.05, 4.69) is 101 Å². The maximum atomic E-state index is 6.25. The average molecular weight is 389 g/mol. The number of rotatable bonds is 7. The third kappa shape index (κ3) is 4.07. The van der Waals surface area contributed by atoms with Gasteiger partial charge in [-0.3, -0.25) is 0 Å². The molecule has 0 aromatic heterocycles. The molecule has 2 aromatic rings. The number of benzene rings is 2. The summed E-state index contributed by atoms with van der Waals surface area (Å²) in [7, 11) is -1.25. The minimum absolute atomic E-state index is 0.133. The van der Waals surface area contributed by atoms with Gasteiger partial charge in [-0.2, -0.15) is 0 Å². The summed E-state index contributed by atoms with van der Waals surface area (Å²) in [5, 5.41) is 0. The first kappa shape index (κ1) is 20.4. The summed E-state index contributed by atoms with van der Waals surface area (Å²) in [6, 6.07) is 17.0. The Labute approximate surface area is 171 Å². The Balaban J connectivity index is 2.10. The monoisotopic (exact) mass is 388 g/mol. The Kier molecular flexibility index (Phi) is 5.81. The summed E-state index contributed by atoms with van der Waals surface area (Å²) in [5.74, 6) is 0.962. The van der Waals surface area contributed by atoms with Gasteiger partial charge < -0.3 is 4.74 Å². The molecule has 146 valence electrons. The predicted octanol–water partition coefficient (Wildman–Crippen LogP) is 7.40. The van der Waals surface area contributed by atoms with E-state index < -0.39 is 8.07 Å². The number of hydrogen-bond donors (Lipinski definition) is 0. The average Bonchev–Trinajstić information content (AvgIpc) is 3.18. The Hall–Kier alpha value is -2.32. The van der Waals surface area contributed by atoms with Crippen LogP contribution in [0.15, 0.2) is 85.0 Å². The summed E-state index contributed by atoms with van der Waals surface area (Å²) in [4.78, 5) is 0. The fourth-order valence-electron chi connectivity index (χ4n) is 3.79. The van der Waals surface area contributed by atoms with Crippen molar-refractivity contribution in [3.63, 3.8) is 0 Å². The maximum absolute atomic E-state index is 6.25. The van der Waals surface area contributed by atoms with Gasteiger partial charge in [0.15, 0.2) is 0 Å². The van der Waals surface area contributed by atoms with Gasteiger partial charge in [0.2, 0.25) is 0 Å². The molecule has 0 heterocycles. The Morgan fingerprint density at radius 1 is 1.04 bits per heavy atom. The number of para-hydroxylation sites is 1. The fraction of sp³-hybridized carbons (Fsp3) is 0.308. The lowest BCUT2D eigenvalue weighted by Crippen LogP contribution is -2.25. The lowest BCUT2D eigenvalue weighted by molar-refractivity contribution is 0.354. The van der Waals surface area contributed by atoms with E-state index in [-0.39, 0.29) is 5.41 Å². The Bertz CT molecular complexity index is 898. The standard InChI is InChI=1S/C26H32OSi/c1-7-18-27-25-23(20-12-9-8-10-13-20)14-11-15-24(25)26(2,3)21-16-17-22(19-21)28(4,5)6/h7-17,19,22H,1,18H2,2-6H3. The van der Waals surface area contributed by atoms with E-state index in [1.165, 1.54) is 16.7 Å². The molecule has 1 atom stereocenters. The molecule has 0 saturated carbocycles. The highest BCUT2D eigenvalue weighted by Gasteiger charge is 2.34. The van der Waals surface area contributed by atoms with Crippen molar-refractivity contribution in [1.29, 1.82) is 0 Å². The number of hydrogen-bond acceptors (Lipinski definition) is 1. The van der Waals surface area contributed by atoms with Crippen LogP contribution in [-0.4, -0.2) is 14.7 Å². The largest absolute Gasteiger partial charge is 0.489 e. The molecule has 0 aliphatic heterocycles. The van der Waals surface area contributed by atoms with Crippen LogP contribution in [0.5, 0.6) is 5.75 Å². The van der Waals surface area contributed by atoms with Gasteiger partial charge in [0, 0.05) is 16.5 Å². The highest BCUT2D eigenvalue weighted by molar-refractivity contribution is 6.78. The molecule has 1 aliphatic rings. The molecule has 2 aromatic carbocycles. The second-order valence-electron chi connectivity index (χ2n) is 9.15. The normalized spacial score (nSPS) is 16.8. The van der Waals surface area contributed by atoms with Crippen LogP contribution in [0, 0.1) is 0 Å². The Morgan fingerprint density at radius 2 is 1.75 bits per heavy atom. The molecule has 28 heavy (non-hydrogen) atoms. The lowest BCUT2D eigenvalue weighted by atomic mass is 9.76. The van der Waals surface area contributed by atoms with Gasteiger partial charge in [0.25, 0.3) is 0 Å². The fourth-order valence-corrected chi connectivity index (χ4v) is 5.15. The van der Waals surface area contributed by atoms with E-state index >= 15 is 0 Å². The highest BCUT2D eigenvalue weighted by atomic mass is 28.3. The van der Waals surface area contributed by atoms with Crippen molar-refractivity contribution in [1.82, 2.24) is 0 Å². The third-order valence-corrected chi connectivity index (χ3v) is 8.04. The van der Waals surface area contributed by atoms with Crippen molar-refractivity contribution in [3.05, 3.63) is 90.6 Å². The zero-order valence-electron chi connectivity index (χ0n) is 17.8. The van der Waals surface area contributed by atoms with Crippen LogP contribution in [0.4, 0.5) is 0 Å². The first-order valence-corrected chi connectivity index (χ1v) is 13.7. The summed E-state index contributed by atoms with van der Waals surface area (Å²) < 4.78 is 6.25. The van der Waals surface area contributed by atoms with E-state index in [1.807, 2.05) is 12.1 Å². The molecule has 1 aliphatic carbocycles. The van der Waals surface area contributed by atoms with Crippen molar-refractivity contribution in [2.75, 3.05) is 6.61 Å². The molecule has 0 radical (unpaired) electrons. The van der Waals surface area contributed by atoms with Crippen molar-refractivity contribution in [2.45, 2.75) is 44.4 Å². The lowest BCUT2D eigenvalue weighted by Gasteiger charge is -2.30. The zero-order chi connectivity index (χ0) is 20.4. The summed E-state index contributed by atoms with van der Waals surface area (Å²) in [6.45, 7) is 16.3. The molecular weight excluding hydrogens is 356 g/mol. The van der Waals surface area contributed by atoms with Crippen LogP contribution in [-0.2, 0) is 5.41 Å². The molecule has 0 N–H and O–H groups in total. The van der Waals surface area contributed by atoms with Crippen LogP contribution < -0.4 is 4.74 Å². The van der Waals surface area contributed by atoms with Crippen molar-refractivity contribution in [2.24, 2.45) is 0 Å². The minimum Gasteiger partial charge on any atom is -0.489 e. The Morgan fingerprint density at radius 3 is 2.36 bits per heavy atom. The predicted molar refractivity (Wildman–Crippen MR) is 125 cm³/mol.